The molecule has 0 aliphatic heterocycles. The molecule has 0 bridgehead atoms. The monoisotopic (exact) mass is 504 g/mol. The predicted octanol–water partition coefficient (Wildman–Crippen LogP) is 3.15. The lowest BCUT2D eigenvalue weighted by Gasteiger charge is -2.18. The molecule has 35 heavy (non-hydrogen) atoms. The van der Waals surface area contributed by atoms with Crippen LogP contribution in [0.4, 0.5) is 5.69 Å². The van der Waals surface area contributed by atoms with E-state index in [1.165, 1.54) is 16.1 Å². The van der Waals surface area contributed by atoms with E-state index in [1.54, 1.807) is 44.3 Å². The SMILES string of the molecule is CC.CC(C)C(C(=O)NO)C(=O)Nc1ccc(CN(N)/C=C(\N)CN)cc1.Cc1ccc(S)cc1. The van der Waals surface area contributed by atoms with Crippen LogP contribution < -0.4 is 28.1 Å². The van der Waals surface area contributed by atoms with Crippen LogP contribution in [0.15, 0.2) is 65.3 Å². The first kappa shape index (κ1) is 32.0. The normalized spacial score (nSPS) is 11.3. The lowest BCUT2D eigenvalue weighted by atomic mass is 9.94. The number of nitrogens with zero attached hydrogens (tertiary/aromatic N) is 1. The smallest absolute Gasteiger partial charge is 0.256 e. The van der Waals surface area contributed by atoms with Gasteiger partial charge in [-0.1, -0.05) is 57.5 Å². The van der Waals surface area contributed by atoms with Crippen LogP contribution >= 0.6 is 12.6 Å². The second-order valence-electron chi connectivity index (χ2n) is 7.80. The number of aryl methyl sites for hydroxylation is 1. The summed E-state index contributed by atoms with van der Waals surface area (Å²) in [5, 5.41) is 12.8. The van der Waals surface area contributed by atoms with Gasteiger partial charge in [0.2, 0.25) is 5.91 Å². The van der Waals surface area contributed by atoms with Crippen LogP contribution in [-0.2, 0) is 16.1 Å². The van der Waals surface area contributed by atoms with Crippen LogP contribution in [0.25, 0.3) is 0 Å². The number of benzene rings is 2. The maximum absolute atomic E-state index is 12.2. The number of rotatable bonds is 8. The zero-order valence-electron chi connectivity index (χ0n) is 21.2. The Bertz CT molecular complexity index is 897. The number of carbonyl (C=O) groups is 2. The van der Waals surface area contributed by atoms with E-state index in [4.69, 9.17) is 22.5 Å². The lowest BCUT2D eigenvalue weighted by molar-refractivity contribution is -0.140. The molecular formula is C25H40N6O3S. The molecule has 0 saturated heterocycles. The van der Waals surface area contributed by atoms with E-state index in [-0.39, 0.29) is 12.5 Å². The number of anilines is 1. The third-order valence-corrected chi connectivity index (χ3v) is 4.83. The van der Waals surface area contributed by atoms with E-state index in [0.717, 1.165) is 10.5 Å². The molecule has 9 N–H and O–H groups in total. The van der Waals surface area contributed by atoms with Gasteiger partial charge in [-0.05, 0) is 42.7 Å². The maximum atomic E-state index is 12.2. The molecule has 2 amide bonds. The molecule has 194 valence electrons. The minimum Gasteiger partial charge on any atom is -0.400 e. The molecule has 0 saturated carbocycles. The quantitative estimate of drug-likeness (QED) is 0.0955. The molecule has 0 fully saturated rings. The molecule has 2 aromatic rings. The highest BCUT2D eigenvalue weighted by atomic mass is 32.1. The van der Waals surface area contributed by atoms with Gasteiger partial charge in [-0.3, -0.25) is 14.8 Å². The summed E-state index contributed by atoms with van der Waals surface area (Å²) in [5.74, 6) is 3.31. The van der Waals surface area contributed by atoms with Gasteiger partial charge in [-0.25, -0.2) is 11.3 Å². The van der Waals surface area contributed by atoms with E-state index in [2.05, 4.69) is 24.9 Å². The molecular weight excluding hydrogens is 464 g/mol. The highest BCUT2D eigenvalue weighted by molar-refractivity contribution is 7.80. The maximum Gasteiger partial charge on any atom is 0.256 e. The summed E-state index contributed by atoms with van der Waals surface area (Å²) >= 11 is 4.13. The fourth-order valence-electron chi connectivity index (χ4n) is 2.77. The Morgan fingerprint density at radius 1 is 1.06 bits per heavy atom. The second-order valence-corrected chi connectivity index (χ2v) is 8.32. The molecule has 9 nitrogen and oxygen atoms in total. The van der Waals surface area contributed by atoms with Crippen molar-refractivity contribution in [2.45, 2.75) is 46.1 Å². The Balaban J connectivity index is 0.000000961. The Hall–Kier alpha value is -3.05. The molecule has 1 atom stereocenters. The van der Waals surface area contributed by atoms with Gasteiger partial charge in [-0.15, -0.1) is 12.6 Å². The van der Waals surface area contributed by atoms with Gasteiger partial charge in [0.25, 0.3) is 5.91 Å². The minimum atomic E-state index is -0.992. The fraction of sp³-hybridized carbons (Fsp3) is 0.360. The van der Waals surface area contributed by atoms with Gasteiger partial charge in [0, 0.05) is 29.0 Å². The van der Waals surface area contributed by atoms with Crippen LogP contribution in [0.1, 0.15) is 38.8 Å². The summed E-state index contributed by atoms with van der Waals surface area (Å²) in [5.41, 5.74) is 15.7. The van der Waals surface area contributed by atoms with Crippen LogP contribution in [0.2, 0.25) is 0 Å². The van der Waals surface area contributed by atoms with Crippen molar-refractivity contribution in [1.82, 2.24) is 10.5 Å². The predicted molar refractivity (Wildman–Crippen MR) is 144 cm³/mol. The lowest BCUT2D eigenvalue weighted by Crippen LogP contribution is -2.39. The van der Waals surface area contributed by atoms with E-state index in [1.807, 2.05) is 38.1 Å². The summed E-state index contributed by atoms with van der Waals surface area (Å²) in [6, 6.07) is 15.0. The minimum absolute atomic E-state index is 0.219. The summed E-state index contributed by atoms with van der Waals surface area (Å²) in [4.78, 5) is 24.9. The van der Waals surface area contributed by atoms with Crippen molar-refractivity contribution in [3.05, 3.63) is 71.6 Å². The van der Waals surface area contributed by atoms with Gasteiger partial charge in [-0.2, -0.15) is 0 Å². The molecule has 0 radical (unpaired) electrons. The summed E-state index contributed by atoms with van der Waals surface area (Å²) < 4.78 is 0. The van der Waals surface area contributed by atoms with Gasteiger partial charge < -0.3 is 21.8 Å². The summed E-state index contributed by atoms with van der Waals surface area (Å²) in [6.07, 6.45) is 1.55. The summed E-state index contributed by atoms with van der Waals surface area (Å²) in [7, 11) is 0. The Labute approximate surface area is 214 Å². The Morgan fingerprint density at radius 2 is 1.60 bits per heavy atom. The summed E-state index contributed by atoms with van der Waals surface area (Å²) in [6.45, 7) is 10.1. The third kappa shape index (κ3) is 12.8. The van der Waals surface area contributed by atoms with Gasteiger partial charge >= 0.3 is 0 Å². The number of hydrogen-bond donors (Lipinski definition) is 7. The molecule has 2 rings (SSSR count). The van der Waals surface area contributed by atoms with Crippen molar-refractivity contribution in [3.63, 3.8) is 0 Å². The number of thiol groups is 1. The Morgan fingerprint density at radius 3 is 2.03 bits per heavy atom. The first-order chi connectivity index (χ1) is 16.6. The van der Waals surface area contributed by atoms with E-state index in [0.29, 0.717) is 17.9 Å². The molecule has 1 unspecified atom stereocenters. The fourth-order valence-corrected chi connectivity index (χ4v) is 2.92. The van der Waals surface area contributed by atoms with Crippen molar-refractivity contribution in [3.8, 4) is 0 Å². The topological polar surface area (TPSA) is 160 Å². The van der Waals surface area contributed by atoms with Gasteiger partial charge in [0.05, 0.1) is 6.54 Å². The number of hydrazine groups is 1. The highest BCUT2D eigenvalue weighted by Crippen LogP contribution is 2.16. The van der Waals surface area contributed by atoms with Crippen LogP contribution in [-0.4, -0.2) is 28.6 Å². The molecule has 0 spiro atoms. The average Bonchev–Trinajstić information content (AvgIpc) is 2.83. The zero-order valence-corrected chi connectivity index (χ0v) is 22.0. The first-order valence-electron chi connectivity index (χ1n) is 11.3. The molecule has 2 aromatic carbocycles. The number of hydrogen-bond acceptors (Lipinski definition) is 8. The molecule has 0 aliphatic rings. The number of nitrogens with two attached hydrogens (primary N) is 3. The van der Waals surface area contributed by atoms with Crippen molar-refractivity contribution >= 4 is 30.1 Å². The van der Waals surface area contributed by atoms with Crippen LogP contribution in [0, 0.1) is 18.8 Å². The number of carbonyl (C=O) groups excluding carboxylic acids is 2. The van der Waals surface area contributed by atoms with Crippen molar-refractivity contribution in [2.24, 2.45) is 29.1 Å². The van der Waals surface area contributed by atoms with Crippen molar-refractivity contribution in [2.75, 3.05) is 11.9 Å². The number of amides is 2. The van der Waals surface area contributed by atoms with Gasteiger partial charge in [0.1, 0.15) is 5.92 Å². The molecule has 0 aliphatic carbocycles. The van der Waals surface area contributed by atoms with Crippen molar-refractivity contribution in [1.29, 1.82) is 0 Å². The van der Waals surface area contributed by atoms with Gasteiger partial charge in [0.15, 0.2) is 0 Å². The van der Waals surface area contributed by atoms with E-state index in [9.17, 15) is 9.59 Å². The van der Waals surface area contributed by atoms with Crippen LogP contribution in [0.5, 0.6) is 0 Å². The zero-order chi connectivity index (χ0) is 27.0. The number of nitrogens with one attached hydrogen (secondary N) is 2. The highest BCUT2D eigenvalue weighted by Gasteiger charge is 2.29. The first-order valence-corrected chi connectivity index (χ1v) is 11.8. The standard InChI is InChI=1S/C16H26N6O3.C7H8S.C2H6/c1-10(2)14(16(24)21-25)15(23)20-13-5-3-11(4-6-13)8-22(19)9-12(18)7-17;1-6-2-4-7(8)5-3-6;1-2/h3-6,9-10,14,25H,7-8,17-19H2,1-2H3,(H,20,23)(H,21,24);2-5,8H,1H3;1-2H3/b12-9-;;. The molecule has 0 aromatic heterocycles. The number of hydroxylamine groups is 1. The van der Waals surface area contributed by atoms with E-state index < -0.39 is 17.7 Å². The van der Waals surface area contributed by atoms with Crippen molar-refractivity contribution < 1.29 is 14.8 Å². The molecule has 0 heterocycles. The van der Waals surface area contributed by atoms with Crippen LogP contribution in [0.3, 0.4) is 0 Å². The van der Waals surface area contributed by atoms with E-state index >= 15 is 0 Å². The Kier molecular flexibility index (Phi) is 15.9. The second kappa shape index (κ2) is 17.4. The third-order valence-electron chi connectivity index (χ3n) is 4.53. The molecule has 10 heteroatoms. The average molecular weight is 505 g/mol. The largest absolute Gasteiger partial charge is 0.400 e.